The molecule has 0 aliphatic carbocycles. The van der Waals surface area contributed by atoms with Crippen molar-refractivity contribution >= 4 is 21.9 Å². The van der Waals surface area contributed by atoms with Crippen LogP contribution in [0.4, 0.5) is 0 Å². The molecule has 1 N–H and O–H groups in total. The standard InChI is InChI=1S/C14H20ClNO5S/c1-4-14(5-2)20-12(10-8-6-7-9-11(10)15)13(21-14)16-22(17,18)19-3/h6-9,12-13,16H,4-5H2,1-3H3/t12-,13-/m1/s1. The van der Waals surface area contributed by atoms with Crippen molar-refractivity contribution in [2.24, 2.45) is 0 Å². The van der Waals surface area contributed by atoms with Gasteiger partial charge in [-0.25, -0.2) is 0 Å². The first-order valence-electron chi connectivity index (χ1n) is 7.04. The Morgan fingerprint density at radius 3 is 2.45 bits per heavy atom. The third-order valence-electron chi connectivity index (χ3n) is 3.73. The van der Waals surface area contributed by atoms with Crippen LogP contribution in [0.1, 0.15) is 38.4 Å². The second-order valence-electron chi connectivity index (χ2n) is 4.95. The molecule has 6 nitrogen and oxygen atoms in total. The van der Waals surface area contributed by atoms with Crippen molar-refractivity contribution in [1.29, 1.82) is 0 Å². The molecule has 2 rings (SSSR count). The first-order valence-corrected chi connectivity index (χ1v) is 8.83. The Morgan fingerprint density at radius 1 is 1.27 bits per heavy atom. The van der Waals surface area contributed by atoms with Crippen molar-refractivity contribution < 1.29 is 22.1 Å². The van der Waals surface area contributed by atoms with Gasteiger partial charge in [0.05, 0.1) is 7.11 Å². The fourth-order valence-electron chi connectivity index (χ4n) is 2.41. The van der Waals surface area contributed by atoms with E-state index in [0.717, 1.165) is 7.11 Å². The van der Waals surface area contributed by atoms with Crippen molar-refractivity contribution in [3.8, 4) is 0 Å². The lowest BCUT2D eigenvalue weighted by Crippen LogP contribution is -2.40. The maximum absolute atomic E-state index is 11.7. The van der Waals surface area contributed by atoms with Crippen LogP contribution in [0, 0.1) is 0 Å². The first-order chi connectivity index (χ1) is 10.4. The molecule has 1 aromatic rings. The Balaban J connectivity index is 2.37. The molecule has 1 fully saturated rings. The molecule has 22 heavy (non-hydrogen) atoms. The van der Waals surface area contributed by atoms with E-state index < -0.39 is 28.4 Å². The average Bonchev–Trinajstić information content (AvgIpc) is 2.86. The molecule has 0 unspecified atom stereocenters. The van der Waals surface area contributed by atoms with Crippen LogP contribution in [-0.4, -0.2) is 27.5 Å². The van der Waals surface area contributed by atoms with Crippen molar-refractivity contribution in [3.63, 3.8) is 0 Å². The van der Waals surface area contributed by atoms with Crippen molar-refractivity contribution in [1.82, 2.24) is 4.72 Å². The number of ether oxygens (including phenoxy) is 2. The predicted molar refractivity (Wildman–Crippen MR) is 82.5 cm³/mol. The van der Waals surface area contributed by atoms with Gasteiger partial charge in [0.25, 0.3) is 0 Å². The third-order valence-corrected chi connectivity index (χ3v) is 5.03. The minimum absolute atomic E-state index is 0.487. The summed E-state index contributed by atoms with van der Waals surface area (Å²) in [5.74, 6) is -0.856. The fourth-order valence-corrected chi connectivity index (χ4v) is 3.20. The maximum atomic E-state index is 11.7. The number of hydrogen-bond donors (Lipinski definition) is 1. The summed E-state index contributed by atoms with van der Waals surface area (Å²) < 4.78 is 42.1. The molecule has 0 radical (unpaired) electrons. The van der Waals surface area contributed by atoms with E-state index in [1.165, 1.54) is 0 Å². The lowest BCUT2D eigenvalue weighted by Gasteiger charge is -2.25. The molecular formula is C14H20ClNO5S. The van der Waals surface area contributed by atoms with Crippen LogP contribution in [0.2, 0.25) is 5.02 Å². The van der Waals surface area contributed by atoms with Gasteiger partial charge in [-0.3, -0.25) is 4.18 Å². The zero-order valence-corrected chi connectivity index (χ0v) is 14.3. The lowest BCUT2D eigenvalue weighted by molar-refractivity contribution is -0.180. The molecule has 1 saturated heterocycles. The maximum Gasteiger partial charge on any atom is 0.337 e. The van der Waals surface area contributed by atoms with Gasteiger partial charge in [-0.05, 0) is 18.9 Å². The molecule has 124 valence electrons. The first kappa shape index (κ1) is 17.7. The van der Waals surface area contributed by atoms with Gasteiger partial charge in [-0.1, -0.05) is 43.6 Å². The summed E-state index contributed by atoms with van der Waals surface area (Å²) in [5.41, 5.74) is 0.664. The predicted octanol–water partition coefficient (Wildman–Crippen LogP) is 2.75. The highest BCUT2D eigenvalue weighted by atomic mass is 35.5. The zero-order chi connectivity index (χ0) is 16.4. The van der Waals surface area contributed by atoms with E-state index in [-0.39, 0.29) is 0 Å². The highest BCUT2D eigenvalue weighted by Crippen LogP contribution is 2.43. The van der Waals surface area contributed by atoms with Crippen molar-refractivity contribution in [2.45, 2.75) is 44.8 Å². The van der Waals surface area contributed by atoms with Gasteiger partial charge in [0.15, 0.2) is 12.0 Å². The van der Waals surface area contributed by atoms with Crippen LogP contribution in [0.5, 0.6) is 0 Å². The summed E-state index contributed by atoms with van der Waals surface area (Å²) in [5, 5.41) is 0.487. The monoisotopic (exact) mass is 349 g/mol. The Labute approximate surface area is 136 Å². The van der Waals surface area contributed by atoms with Gasteiger partial charge in [0.2, 0.25) is 0 Å². The van der Waals surface area contributed by atoms with Gasteiger partial charge < -0.3 is 9.47 Å². The van der Waals surface area contributed by atoms with E-state index >= 15 is 0 Å². The Bertz CT molecular complexity index is 617. The smallest absolute Gasteiger partial charge is 0.337 e. The van der Waals surface area contributed by atoms with Gasteiger partial charge >= 0.3 is 10.3 Å². The van der Waals surface area contributed by atoms with E-state index in [9.17, 15) is 8.42 Å². The molecule has 0 aromatic heterocycles. The Hall–Kier alpha value is -0.700. The number of rotatable bonds is 6. The molecule has 1 heterocycles. The second kappa shape index (κ2) is 6.82. The summed E-state index contributed by atoms with van der Waals surface area (Å²) in [6.07, 6.45) is -0.408. The van der Waals surface area contributed by atoms with Crippen LogP contribution >= 0.6 is 11.6 Å². The lowest BCUT2D eigenvalue weighted by atomic mass is 10.1. The van der Waals surface area contributed by atoms with Crippen molar-refractivity contribution in [2.75, 3.05) is 7.11 Å². The molecule has 0 saturated carbocycles. The van der Waals surface area contributed by atoms with E-state index in [0.29, 0.717) is 23.4 Å². The van der Waals surface area contributed by atoms with Crippen molar-refractivity contribution in [3.05, 3.63) is 34.9 Å². The molecular weight excluding hydrogens is 330 g/mol. The Morgan fingerprint density at radius 2 is 1.91 bits per heavy atom. The van der Waals surface area contributed by atoms with Crippen LogP contribution in [0.15, 0.2) is 24.3 Å². The normalized spacial score (nSPS) is 24.5. The summed E-state index contributed by atoms with van der Waals surface area (Å²) in [7, 11) is -2.84. The molecule has 0 spiro atoms. The summed E-state index contributed by atoms with van der Waals surface area (Å²) >= 11 is 6.21. The highest BCUT2D eigenvalue weighted by molar-refractivity contribution is 7.84. The molecule has 1 aliphatic rings. The summed E-state index contributed by atoms with van der Waals surface area (Å²) in [6.45, 7) is 3.83. The second-order valence-corrected chi connectivity index (χ2v) is 6.84. The Kier molecular flexibility index (Phi) is 5.47. The van der Waals surface area contributed by atoms with E-state index in [1.54, 1.807) is 18.2 Å². The van der Waals surface area contributed by atoms with Crippen LogP contribution in [-0.2, 0) is 24.0 Å². The van der Waals surface area contributed by atoms with Crippen LogP contribution in [0.3, 0.4) is 0 Å². The molecule has 2 atom stereocenters. The zero-order valence-electron chi connectivity index (χ0n) is 12.7. The fraction of sp³-hybridized carbons (Fsp3) is 0.571. The van der Waals surface area contributed by atoms with Gasteiger partial charge in [0.1, 0.15) is 6.10 Å². The molecule has 1 aliphatic heterocycles. The van der Waals surface area contributed by atoms with Crippen LogP contribution in [0.25, 0.3) is 0 Å². The summed E-state index contributed by atoms with van der Waals surface area (Å²) in [6, 6.07) is 7.11. The van der Waals surface area contributed by atoms with Crippen LogP contribution < -0.4 is 4.72 Å². The molecule has 1 aromatic carbocycles. The molecule has 0 amide bonds. The number of nitrogens with one attached hydrogen (secondary N) is 1. The number of halogens is 1. The number of hydrogen-bond acceptors (Lipinski definition) is 5. The minimum Gasteiger partial charge on any atom is -0.338 e. The third kappa shape index (κ3) is 3.61. The largest absolute Gasteiger partial charge is 0.338 e. The average molecular weight is 350 g/mol. The van der Waals surface area contributed by atoms with E-state index in [2.05, 4.69) is 8.91 Å². The topological polar surface area (TPSA) is 73.9 Å². The molecule has 8 heteroatoms. The van der Waals surface area contributed by atoms with E-state index in [4.69, 9.17) is 21.1 Å². The quantitative estimate of drug-likeness (QED) is 0.854. The number of benzene rings is 1. The van der Waals surface area contributed by atoms with Gasteiger partial charge in [-0.15, -0.1) is 0 Å². The SMILES string of the molecule is CCC1(CC)O[C@@H](NS(=O)(=O)OC)[C@@H](c2ccccc2Cl)O1. The molecule has 0 bridgehead atoms. The van der Waals surface area contributed by atoms with Gasteiger partial charge in [-0.2, -0.15) is 13.1 Å². The van der Waals surface area contributed by atoms with E-state index in [1.807, 2.05) is 19.9 Å². The summed E-state index contributed by atoms with van der Waals surface area (Å²) in [4.78, 5) is 0. The highest BCUT2D eigenvalue weighted by Gasteiger charge is 2.48. The van der Waals surface area contributed by atoms with Gasteiger partial charge in [0, 0.05) is 10.6 Å². The minimum atomic E-state index is -3.92.